The zero-order chi connectivity index (χ0) is 12.4. The first-order valence-corrected chi connectivity index (χ1v) is 7.40. The Bertz CT molecular complexity index is 410. The van der Waals surface area contributed by atoms with E-state index < -0.39 is 0 Å². The van der Waals surface area contributed by atoms with Crippen LogP contribution >= 0.6 is 11.6 Å². The quantitative estimate of drug-likeness (QED) is 0.766. The monoisotopic (exact) mass is 265 g/mol. The van der Waals surface area contributed by atoms with E-state index in [9.17, 15) is 0 Å². The van der Waals surface area contributed by atoms with Crippen LogP contribution in [0.15, 0.2) is 18.5 Å². The van der Waals surface area contributed by atoms with Gasteiger partial charge in [-0.2, -0.15) is 0 Å². The third kappa shape index (κ3) is 2.34. The number of aromatic nitrogens is 1. The van der Waals surface area contributed by atoms with E-state index in [0.717, 1.165) is 19.1 Å². The molecule has 0 aliphatic carbocycles. The number of halogens is 1. The van der Waals surface area contributed by atoms with E-state index in [1.54, 1.807) is 0 Å². The molecule has 4 heteroatoms. The highest BCUT2D eigenvalue weighted by Gasteiger charge is 2.29. The minimum Gasteiger partial charge on any atom is -0.368 e. The molecule has 0 spiro atoms. The van der Waals surface area contributed by atoms with Gasteiger partial charge in [-0.1, -0.05) is 0 Å². The van der Waals surface area contributed by atoms with Crippen molar-refractivity contribution in [2.45, 2.75) is 31.2 Å². The molecular weight excluding hydrogens is 246 g/mol. The molecule has 2 saturated heterocycles. The molecule has 1 atom stereocenters. The number of anilines is 1. The van der Waals surface area contributed by atoms with Crippen LogP contribution in [0.4, 0.5) is 5.69 Å². The minimum atomic E-state index is 0.572. The zero-order valence-electron chi connectivity index (χ0n) is 10.7. The lowest BCUT2D eigenvalue weighted by molar-refractivity contribution is 0.273. The Morgan fingerprint density at radius 1 is 1.28 bits per heavy atom. The molecule has 3 rings (SSSR count). The number of rotatable bonds is 2. The van der Waals surface area contributed by atoms with Crippen molar-refractivity contribution in [3.05, 3.63) is 24.0 Å². The number of pyridine rings is 1. The first-order chi connectivity index (χ1) is 8.88. The lowest BCUT2D eigenvalue weighted by atomic mass is 10.1. The topological polar surface area (TPSA) is 19.4 Å². The predicted molar refractivity (Wildman–Crippen MR) is 75.2 cm³/mol. The average molecular weight is 266 g/mol. The standard InChI is InChI=1S/C14H20ClN3/c15-9-12-4-5-16-10-14(12)18-8-2-7-17-6-1-3-13(17)11-18/h4-5,10,13H,1-3,6-9,11H2. The van der Waals surface area contributed by atoms with Gasteiger partial charge in [-0.25, -0.2) is 0 Å². The van der Waals surface area contributed by atoms with Gasteiger partial charge in [-0.3, -0.25) is 9.88 Å². The summed E-state index contributed by atoms with van der Waals surface area (Å²) in [6.45, 7) is 4.80. The summed E-state index contributed by atoms with van der Waals surface area (Å²) in [7, 11) is 0. The summed E-state index contributed by atoms with van der Waals surface area (Å²) in [5.74, 6) is 0.572. The lowest BCUT2D eigenvalue weighted by Crippen LogP contribution is -2.37. The van der Waals surface area contributed by atoms with Crippen LogP contribution in [0.1, 0.15) is 24.8 Å². The Morgan fingerprint density at radius 3 is 3.06 bits per heavy atom. The number of hydrogen-bond acceptors (Lipinski definition) is 3. The van der Waals surface area contributed by atoms with E-state index in [1.807, 2.05) is 18.5 Å². The Balaban J connectivity index is 1.82. The normalized spacial score (nSPS) is 24.9. The molecule has 98 valence electrons. The highest BCUT2D eigenvalue weighted by molar-refractivity contribution is 6.17. The molecule has 0 radical (unpaired) electrons. The van der Waals surface area contributed by atoms with Crippen LogP contribution < -0.4 is 4.90 Å². The van der Waals surface area contributed by atoms with E-state index in [4.69, 9.17) is 11.6 Å². The smallest absolute Gasteiger partial charge is 0.0598 e. The Hall–Kier alpha value is -0.800. The highest BCUT2D eigenvalue weighted by atomic mass is 35.5. The second-order valence-corrected chi connectivity index (χ2v) is 5.54. The van der Waals surface area contributed by atoms with Crippen LogP contribution in [0.5, 0.6) is 0 Å². The third-order valence-electron chi connectivity index (χ3n) is 4.18. The Morgan fingerprint density at radius 2 is 2.17 bits per heavy atom. The summed E-state index contributed by atoms with van der Waals surface area (Å²) in [5.41, 5.74) is 2.44. The largest absolute Gasteiger partial charge is 0.368 e. The van der Waals surface area contributed by atoms with E-state index in [2.05, 4.69) is 14.8 Å². The second-order valence-electron chi connectivity index (χ2n) is 5.27. The molecule has 0 aromatic carbocycles. The van der Waals surface area contributed by atoms with Crippen LogP contribution in [-0.4, -0.2) is 42.1 Å². The van der Waals surface area contributed by atoms with Crippen molar-refractivity contribution in [2.75, 3.05) is 31.1 Å². The maximum absolute atomic E-state index is 6.04. The summed E-state index contributed by atoms with van der Waals surface area (Å²) in [5, 5.41) is 0. The molecular formula is C14H20ClN3. The van der Waals surface area contributed by atoms with Gasteiger partial charge in [-0.05, 0) is 37.4 Å². The van der Waals surface area contributed by atoms with Crippen LogP contribution in [0.3, 0.4) is 0 Å². The van der Waals surface area contributed by atoms with Gasteiger partial charge in [-0.15, -0.1) is 11.6 Å². The summed E-state index contributed by atoms with van der Waals surface area (Å²) >= 11 is 6.04. The Labute approximate surface area is 114 Å². The minimum absolute atomic E-state index is 0.572. The summed E-state index contributed by atoms with van der Waals surface area (Å²) in [4.78, 5) is 9.41. The van der Waals surface area contributed by atoms with Crippen LogP contribution in [0.25, 0.3) is 0 Å². The fourth-order valence-corrected chi connectivity index (χ4v) is 3.46. The van der Waals surface area contributed by atoms with Crippen molar-refractivity contribution in [3.63, 3.8) is 0 Å². The van der Waals surface area contributed by atoms with Crippen molar-refractivity contribution >= 4 is 17.3 Å². The second kappa shape index (κ2) is 5.45. The number of nitrogens with zero attached hydrogens (tertiary/aromatic N) is 3. The summed E-state index contributed by atoms with van der Waals surface area (Å²) in [6, 6.07) is 2.77. The molecule has 2 aliphatic heterocycles. The molecule has 0 N–H and O–H groups in total. The summed E-state index contributed by atoms with van der Waals surface area (Å²) < 4.78 is 0. The molecule has 2 fully saturated rings. The van der Waals surface area contributed by atoms with Crippen molar-refractivity contribution in [1.29, 1.82) is 0 Å². The average Bonchev–Trinajstić information content (AvgIpc) is 2.76. The van der Waals surface area contributed by atoms with Crippen LogP contribution in [0, 0.1) is 0 Å². The first-order valence-electron chi connectivity index (χ1n) is 6.86. The van der Waals surface area contributed by atoms with Crippen molar-refractivity contribution in [1.82, 2.24) is 9.88 Å². The number of fused-ring (bicyclic) bond motifs is 1. The predicted octanol–water partition coefficient (Wildman–Crippen LogP) is 2.49. The van der Waals surface area contributed by atoms with E-state index in [1.165, 1.54) is 43.6 Å². The third-order valence-corrected chi connectivity index (χ3v) is 4.46. The molecule has 0 bridgehead atoms. The Kier molecular flexibility index (Phi) is 3.71. The maximum atomic E-state index is 6.04. The van der Waals surface area contributed by atoms with Gasteiger partial charge < -0.3 is 4.90 Å². The highest BCUT2D eigenvalue weighted by Crippen LogP contribution is 2.27. The van der Waals surface area contributed by atoms with Gasteiger partial charge >= 0.3 is 0 Å². The maximum Gasteiger partial charge on any atom is 0.0598 e. The van der Waals surface area contributed by atoms with Crippen molar-refractivity contribution in [2.24, 2.45) is 0 Å². The van der Waals surface area contributed by atoms with Gasteiger partial charge in [0, 0.05) is 37.8 Å². The fourth-order valence-electron chi connectivity index (χ4n) is 3.24. The molecule has 0 saturated carbocycles. The van der Waals surface area contributed by atoms with Gasteiger partial charge in [0.05, 0.1) is 11.9 Å². The molecule has 1 aromatic heterocycles. The summed E-state index contributed by atoms with van der Waals surface area (Å²) in [6.07, 6.45) is 7.75. The zero-order valence-corrected chi connectivity index (χ0v) is 11.4. The van der Waals surface area contributed by atoms with E-state index >= 15 is 0 Å². The van der Waals surface area contributed by atoms with Crippen molar-refractivity contribution in [3.8, 4) is 0 Å². The lowest BCUT2D eigenvalue weighted by Gasteiger charge is -2.28. The molecule has 0 amide bonds. The molecule has 1 aromatic rings. The molecule has 3 heterocycles. The van der Waals surface area contributed by atoms with E-state index in [0.29, 0.717) is 5.88 Å². The number of alkyl halides is 1. The van der Waals surface area contributed by atoms with Gasteiger partial charge in [0.25, 0.3) is 0 Å². The molecule has 3 nitrogen and oxygen atoms in total. The van der Waals surface area contributed by atoms with Gasteiger partial charge in [0.2, 0.25) is 0 Å². The van der Waals surface area contributed by atoms with E-state index in [-0.39, 0.29) is 0 Å². The van der Waals surface area contributed by atoms with Crippen LogP contribution in [0.2, 0.25) is 0 Å². The van der Waals surface area contributed by atoms with Crippen molar-refractivity contribution < 1.29 is 0 Å². The van der Waals surface area contributed by atoms with Crippen LogP contribution in [-0.2, 0) is 5.88 Å². The molecule has 18 heavy (non-hydrogen) atoms. The van der Waals surface area contributed by atoms with Gasteiger partial charge in [0.15, 0.2) is 0 Å². The fraction of sp³-hybridized carbons (Fsp3) is 0.643. The number of hydrogen-bond donors (Lipinski definition) is 0. The first kappa shape index (κ1) is 12.2. The van der Waals surface area contributed by atoms with Gasteiger partial charge in [0.1, 0.15) is 0 Å². The SMILES string of the molecule is ClCc1ccncc1N1CCCN2CCCC2C1. The molecule has 1 unspecified atom stereocenters. The molecule has 2 aliphatic rings.